The Morgan fingerprint density at radius 1 is 0.923 bits per heavy atom. The third-order valence-electron chi connectivity index (χ3n) is 3.77. The van der Waals surface area contributed by atoms with Crippen LogP contribution in [0.1, 0.15) is 5.56 Å². The van der Waals surface area contributed by atoms with Crippen LogP contribution in [-0.2, 0) is 4.79 Å². The number of carbonyl (C=O) groups excluding carboxylic acids is 2. The highest BCUT2D eigenvalue weighted by molar-refractivity contribution is 7.14. The molecule has 1 aromatic heterocycles. The van der Waals surface area contributed by atoms with E-state index in [4.69, 9.17) is 0 Å². The van der Waals surface area contributed by atoms with Gasteiger partial charge in [0, 0.05) is 11.4 Å². The van der Waals surface area contributed by atoms with E-state index in [9.17, 15) is 9.59 Å². The number of aryl methyl sites for hydroxylation is 1. The van der Waals surface area contributed by atoms with Crippen molar-refractivity contribution in [3.63, 3.8) is 0 Å². The number of hydrogen-bond donors (Lipinski definition) is 2. The van der Waals surface area contributed by atoms with Crippen molar-refractivity contribution in [2.75, 3.05) is 16.8 Å². The van der Waals surface area contributed by atoms with Crippen LogP contribution in [0.2, 0.25) is 0 Å². The molecule has 0 saturated heterocycles. The molecule has 3 rings (SSSR count). The molecule has 0 bridgehead atoms. The molecule has 2 N–H and O–H groups in total. The zero-order chi connectivity index (χ0) is 18.4. The van der Waals surface area contributed by atoms with Crippen molar-refractivity contribution in [1.29, 1.82) is 0 Å². The molecular formula is C20H19N3O2S. The van der Waals surface area contributed by atoms with E-state index in [0.717, 1.165) is 21.9 Å². The summed E-state index contributed by atoms with van der Waals surface area (Å²) < 4.78 is 0. The molecule has 0 aliphatic carbocycles. The Morgan fingerprint density at radius 2 is 1.50 bits per heavy atom. The third-order valence-corrected chi connectivity index (χ3v) is 4.70. The number of carbonyl (C=O) groups is 2. The maximum absolute atomic E-state index is 12.8. The molecule has 0 atom stereocenters. The maximum atomic E-state index is 12.8. The van der Waals surface area contributed by atoms with Gasteiger partial charge in [0.15, 0.2) is 0 Å². The summed E-state index contributed by atoms with van der Waals surface area (Å²) in [7, 11) is 0. The van der Waals surface area contributed by atoms with Crippen LogP contribution in [-0.4, -0.2) is 18.5 Å². The highest BCUT2D eigenvalue weighted by atomic mass is 32.1. The summed E-state index contributed by atoms with van der Waals surface area (Å²) in [4.78, 5) is 26.5. The van der Waals surface area contributed by atoms with E-state index in [1.807, 2.05) is 79.0 Å². The van der Waals surface area contributed by atoms with Crippen molar-refractivity contribution < 1.29 is 9.59 Å². The first kappa shape index (κ1) is 17.7. The molecule has 3 amide bonds. The average molecular weight is 365 g/mol. The second-order valence-corrected chi connectivity index (χ2v) is 6.56. The fourth-order valence-electron chi connectivity index (χ4n) is 2.47. The summed E-state index contributed by atoms with van der Waals surface area (Å²) in [5, 5.41) is 8.08. The first-order valence-corrected chi connectivity index (χ1v) is 9.05. The molecule has 0 aliphatic heterocycles. The number of rotatable bonds is 5. The minimum absolute atomic E-state index is 0.111. The maximum Gasteiger partial charge on any atom is 0.320 e. The Hall–Kier alpha value is -3.12. The minimum Gasteiger partial charge on any atom is -0.329 e. The Morgan fingerprint density at radius 3 is 2.00 bits per heavy atom. The molecule has 5 nitrogen and oxygen atoms in total. The lowest BCUT2D eigenvalue weighted by Gasteiger charge is -2.23. The van der Waals surface area contributed by atoms with Gasteiger partial charge in [0.1, 0.15) is 0 Å². The first-order chi connectivity index (χ1) is 12.6. The van der Waals surface area contributed by atoms with Gasteiger partial charge in [-0.25, -0.2) is 4.79 Å². The van der Waals surface area contributed by atoms with Gasteiger partial charge in [-0.1, -0.05) is 36.4 Å². The molecule has 0 fully saturated rings. The predicted octanol–water partition coefficient (Wildman–Crippen LogP) is 4.54. The molecule has 0 radical (unpaired) electrons. The molecule has 132 valence electrons. The monoisotopic (exact) mass is 365 g/mol. The van der Waals surface area contributed by atoms with Gasteiger partial charge >= 0.3 is 6.03 Å². The first-order valence-electron chi connectivity index (χ1n) is 8.17. The summed E-state index contributed by atoms with van der Waals surface area (Å²) in [6.07, 6.45) is 0. The van der Waals surface area contributed by atoms with E-state index >= 15 is 0 Å². The molecule has 26 heavy (non-hydrogen) atoms. The molecule has 0 saturated carbocycles. The fourth-order valence-corrected chi connectivity index (χ4v) is 3.29. The third kappa shape index (κ3) is 4.29. The van der Waals surface area contributed by atoms with E-state index in [1.165, 1.54) is 11.3 Å². The summed E-state index contributed by atoms with van der Waals surface area (Å²) in [5.41, 5.74) is 2.49. The van der Waals surface area contributed by atoms with Gasteiger partial charge in [0.2, 0.25) is 0 Å². The highest BCUT2D eigenvalue weighted by Gasteiger charge is 2.18. The van der Waals surface area contributed by atoms with Crippen molar-refractivity contribution >= 4 is 39.7 Å². The van der Waals surface area contributed by atoms with E-state index in [0.29, 0.717) is 0 Å². The molecule has 2 aromatic carbocycles. The number of benzene rings is 2. The number of anilines is 3. The number of para-hydroxylation sites is 2. The number of nitrogens with one attached hydrogen (secondary N) is 2. The van der Waals surface area contributed by atoms with Crippen LogP contribution < -0.4 is 15.5 Å². The van der Waals surface area contributed by atoms with Crippen molar-refractivity contribution in [3.8, 4) is 0 Å². The topological polar surface area (TPSA) is 61.4 Å². The van der Waals surface area contributed by atoms with Crippen LogP contribution in [0.25, 0.3) is 0 Å². The second kappa shape index (κ2) is 8.31. The molecule has 1 heterocycles. The van der Waals surface area contributed by atoms with Crippen LogP contribution in [0.3, 0.4) is 0 Å². The lowest BCUT2D eigenvalue weighted by Crippen LogP contribution is -2.39. The Bertz CT molecular complexity index is 839. The number of thiophene rings is 1. The minimum atomic E-state index is -0.398. The van der Waals surface area contributed by atoms with Crippen LogP contribution in [0.4, 0.5) is 21.2 Å². The molecule has 0 spiro atoms. The largest absolute Gasteiger partial charge is 0.329 e. The van der Waals surface area contributed by atoms with E-state index in [2.05, 4.69) is 10.6 Å². The molecule has 0 unspecified atom stereocenters. The lowest BCUT2D eigenvalue weighted by atomic mass is 10.2. The summed E-state index contributed by atoms with van der Waals surface area (Å²) in [6.45, 7) is 1.81. The van der Waals surface area contributed by atoms with Crippen LogP contribution in [0.15, 0.2) is 72.1 Å². The van der Waals surface area contributed by atoms with Crippen molar-refractivity contribution in [1.82, 2.24) is 5.32 Å². The van der Waals surface area contributed by atoms with Gasteiger partial charge in [-0.15, -0.1) is 11.3 Å². The zero-order valence-corrected chi connectivity index (χ0v) is 15.1. The van der Waals surface area contributed by atoms with Crippen LogP contribution in [0.5, 0.6) is 0 Å². The molecule has 3 aromatic rings. The van der Waals surface area contributed by atoms with Gasteiger partial charge in [-0.3, -0.25) is 15.0 Å². The number of hydrogen-bond acceptors (Lipinski definition) is 3. The smallest absolute Gasteiger partial charge is 0.320 e. The van der Waals surface area contributed by atoms with E-state index in [1.54, 1.807) is 4.90 Å². The summed E-state index contributed by atoms with van der Waals surface area (Å²) >= 11 is 1.44. The van der Waals surface area contributed by atoms with Crippen LogP contribution >= 0.6 is 11.3 Å². The average Bonchev–Trinajstić information content (AvgIpc) is 3.07. The van der Waals surface area contributed by atoms with Gasteiger partial charge < -0.3 is 5.32 Å². The van der Waals surface area contributed by atoms with Crippen molar-refractivity contribution in [2.24, 2.45) is 0 Å². The number of urea groups is 1. The fraction of sp³-hybridized carbons (Fsp3) is 0.100. The quantitative estimate of drug-likeness (QED) is 0.697. The van der Waals surface area contributed by atoms with Crippen molar-refractivity contribution in [2.45, 2.75) is 6.92 Å². The van der Waals surface area contributed by atoms with Gasteiger partial charge in [-0.2, -0.15) is 0 Å². The summed E-state index contributed by atoms with van der Waals surface area (Å²) in [6, 6.07) is 20.3. The molecular weight excluding hydrogens is 346 g/mol. The molecule has 6 heteroatoms. The van der Waals surface area contributed by atoms with Crippen LogP contribution in [0, 0.1) is 6.92 Å². The molecule has 0 aliphatic rings. The predicted molar refractivity (Wildman–Crippen MR) is 106 cm³/mol. The van der Waals surface area contributed by atoms with Crippen molar-refractivity contribution in [3.05, 3.63) is 77.7 Å². The van der Waals surface area contributed by atoms with Gasteiger partial charge in [-0.05, 0) is 48.2 Å². The Kier molecular flexibility index (Phi) is 5.66. The second-order valence-electron chi connectivity index (χ2n) is 5.64. The zero-order valence-electron chi connectivity index (χ0n) is 14.3. The Labute approximate surface area is 156 Å². The lowest BCUT2D eigenvalue weighted by molar-refractivity contribution is -0.116. The van der Waals surface area contributed by atoms with E-state index in [-0.39, 0.29) is 12.5 Å². The SMILES string of the molecule is Cc1ccsc1NC(=O)NCC(=O)N(c1ccccc1)c1ccccc1. The number of amides is 3. The van der Waals surface area contributed by atoms with Gasteiger partial charge in [0.05, 0.1) is 11.5 Å². The number of nitrogens with zero attached hydrogens (tertiary/aromatic N) is 1. The van der Waals surface area contributed by atoms with E-state index < -0.39 is 6.03 Å². The highest BCUT2D eigenvalue weighted by Crippen LogP contribution is 2.25. The van der Waals surface area contributed by atoms with Gasteiger partial charge in [0.25, 0.3) is 5.91 Å². The summed E-state index contributed by atoms with van der Waals surface area (Å²) in [5.74, 6) is -0.222. The Balaban J connectivity index is 1.70. The normalized spacial score (nSPS) is 10.2. The standard InChI is InChI=1S/C20H19N3O2S/c1-15-12-13-26-19(15)22-20(25)21-14-18(24)23(16-8-4-2-5-9-16)17-10-6-3-7-11-17/h2-13H,14H2,1H3,(H2,21,22,25).